The molecule has 1 aliphatic heterocycles. The average Bonchev–Trinajstić information content (AvgIpc) is 3.02. The minimum absolute atomic E-state index is 0.199. The molecule has 0 saturated carbocycles. The van der Waals surface area contributed by atoms with Gasteiger partial charge < -0.3 is 14.8 Å². The number of amides is 1. The lowest BCUT2D eigenvalue weighted by molar-refractivity contribution is -0.0245. The molecule has 0 aliphatic carbocycles. The number of hydrogen-bond donors (Lipinski definition) is 1. The van der Waals surface area contributed by atoms with Crippen molar-refractivity contribution in [2.45, 2.75) is 6.29 Å². The molecule has 4 nitrogen and oxygen atoms in total. The Bertz CT molecular complexity index is 674. The van der Waals surface area contributed by atoms with E-state index < -0.39 is 6.29 Å². The first-order valence-electron chi connectivity index (χ1n) is 6.35. The number of anilines is 1. The normalized spacial score (nSPS) is 13.6. The van der Waals surface area contributed by atoms with Crippen LogP contribution in [0.1, 0.15) is 22.2 Å². The van der Waals surface area contributed by atoms with Crippen LogP contribution in [-0.4, -0.2) is 5.91 Å². The van der Waals surface area contributed by atoms with Crippen LogP contribution >= 0.6 is 11.6 Å². The first-order chi connectivity index (χ1) is 10.2. The molecule has 5 heteroatoms. The summed E-state index contributed by atoms with van der Waals surface area (Å²) in [6.45, 7) is 0. The van der Waals surface area contributed by atoms with E-state index in [0.29, 0.717) is 16.3 Å². The molecule has 1 amide bonds. The second-order valence-electron chi connectivity index (χ2n) is 4.46. The highest BCUT2D eigenvalue weighted by Gasteiger charge is 2.16. The van der Waals surface area contributed by atoms with E-state index in [2.05, 4.69) is 5.32 Å². The van der Waals surface area contributed by atoms with Gasteiger partial charge in [0, 0.05) is 21.8 Å². The summed E-state index contributed by atoms with van der Waals surface area (Å²) >= 11 is 5.80. The van der Waals surface area contributed by atoms with Crippen LogP contribution in [0.25, 0.3) is 0 Å². The maximum atomic E-state index is 12.1. The molecule has 1 heterocycles. The SMILES string of the molecule is O=C(Nc1cccc(C2OC=CO2)c1)c1ccc(Cl)cc1. The van der Waals surface area contributed by atoms with Crippen LogP contribution in [0.5, 0.6) is 0 Å². The maximum Gasteiger partial charge on any atom is 0.266 e. The van der Waals surface area contributed by atoms with Crippen LogP contribution in [0.3, 0.4) is 0 Å². The molecule has 2 aromatic carbocycles. The number of carbonyl (C=O) groups excluding carboxylic acids is 1. The molecule has 106 valence electrons. The smallest absolute Gasteiger partial charge is 0.266 e. The van der Waals surface area contributed by atoms with Crippen molar-refractivity contribution < 1.29 is 14.3 Å². The highest BCUT2D eigenvalue weighted by molar-refractivity contribution is 6.30. The third kappa shape index (κ3) is 3.17. The van der Waals surface area contributed by atoms with Gasteiger partial charge in [0.1, 0.15) is 12.5 Å². The Labute approximate surface area is 126 Å². The van der Waals surface area contributed by atoms with Crippen LogP contribution in [0.4, 0.5) is 5.69 Å². The number of carbonyl (C=O) groups is 1. The lowest BCUT2D eigenvalue weighted by atomic mass is 10.1. The molecular weight excluding hydrogens is 290 g/mol. The summed E-state index contributed by atoms with van der Waals surface area (Å²) in [5.41, 5.74) is 2.04. The van der Waals surface area contributed by atoms with Crippen molar-refractivity contribution in [3.8, 4) is 0 Å². The lowest BCUT2D eigenvalue weighted by Crippen LogP contribution is -2.12. The molecule has 3 rings (SSSR count). The van der Waals surface area contributed by atoms with Crippen molar-refractivity contribution in [3.05, 3.63) is 77.2 Å². The topological polar surface area (TPSA) is 47.6 Å². The van der Waals surface area contributed by atoms with Gasteiger partial charge in [-0.25, -0.2) is 0 Å². The fourth-order valence-corrected chi connectivity index (χ4v) is 2.09. The van der Waals surface area contributed by atoms with E-state index in [4.69, 9.17) is 21.1 Å². The third-order valence-corrected chi connectivity index (χ3v) is 3.23. The van der Waals surface area contributed by atoms with E-state index in [9.17, 15) is 4.79 Å². The quantitative estimate of drug-likeness (QED) is 0.928. The van der Waals surface area contributed by atoms with Gasteiger partial charge in [0.15, 0.2) is 0 Å². The largest absolute Gasteiger partial charge is 0.455 e. The van der Waals surface area contributed by atoms with Crippen LogP contribution in [0, 0.1) is 0 Å². The summed E-state index contributed by atoms with van der Waals surface area (Å²) in [5, 5.41) is 3.42. The summed E-state index contributed by atoms with van der Waals surface area (Å²) in [6, 6.07) is 14.0. The Kier molecular flexibility index (Phi) is 3.79. The van der Waals surface area contributed by atoms with Crippen molar-refractivity contribution in [2.75, 3.05) is 5.32 Å². The second-order valence-corrected chi connectivity index (χ2v) is 4.90. The van der Waals surface area contributed by atoms with Gasteiger partial charge in [0.2, 0.25) is 0 Å². The molecule has 0 atom stereocenters. The Morgan fingerprint density at radius 1 is 1.05 bits per heavy atom. The van der Waals surface area contributed by atoms with E-state index in [1.54, 1.807) is 30.3 Å². The van der Waals surface area contributed by atoms with E-state index in [1.165, 1.54) is 12.5 Å². The van der Waals surface area contributed by atoms with Crippen LogP contribution in [-0.2, 0) is 9.47 Å². The molecule has 0 spiro atoms. The van der Waals surface area contributed by atoms with E-state index in [1.807, 2.05) is 18.2 Å². The predicted octanol–water partition coefficient (Wildman–Crippen LogP) is 4.11. The molecule has 0 saturated heterocycles. The first-order valence-corrected chi connectivity index (χ1v) is 6.73. The van der Waals surface area contributed by atoms with Crippen LogP contribution in [0.2, 0.25) is 5.02 Å². The highest BCUT2D eigenvalue weighted by atomic mass is 35.5. The molecule has 0 unspecified atom stereocenters. The van der Waals surface area contributed by atoms with Crippen LogP contribution < -0.4 is 5.32 Å². The Morgan fingerprint density at radius 3 is 2.48 bits per heavy atom. The molecular formula is C16H12ClNO3. The number of nitrogens with one attached hydrogen (secondary N) is 1. The summed E-state index contributed by atoms with van der Waals surface area (Å²) < 4.78 is 10.5. The zero-order chi connectivity index (χ0) is 14.7. The van der Waals surface area contributed by atoms with Crippen molar-refractivity contribution in [3.63, 3.8) is 0 Å². The maximum absolute atomic E-state index is 12.1. The van der Waals surface area contributed by atoms with Gasteiger partial charge in [0.25, 0.3) is 12.2 Å². The predicted molar refractivity (Wildman–Crippen MR) is 79.9 cm³/mol. The van der Waals surface area contributed by atoms with Gasteiger partial charge in [-0.15, -0.1) is 0 Å². The molecule has 1 N–H and O–H groups in total. The van der Waals surface area contributed by atoms with E-state index in [0.717, 1.165) is 5.56 Å². The third-order valence-electron chi connectivity index (χ3n) is 2.98. The van der Waals surface area contributed by atoms with Crippen molar-refractivity contribution in [1.29, 1.82) is 0 Å². The molecule has 0 bridgehead atoms. The Hall–Kier alpha value is -2.46. The second kappa shape index (κ2) is 5.89. The number of hydrogen-bond acceptors (Lipinski definition) is 3. The zero-order valence-corrected chi connectivity index (χ0v) is 11.7. The standard InChI is InChI=1S/C16H12ClNO3/c17-13-6-4-11(5-7-13)15(19)18-14-3-1-2-12(10-14)16-20-8-9-21-16/h1-10,16H,(H,18,19). The number of benzene rings is 2. The average molecular weight is 302 g/mol. The molecule has 0 aromatic heterocycles. The fourth-order valence-electron chi connectivity index (χ4n) is 1.96. The van der Waals surface area contributed by atoms with Gasteiger partial charge in [0.05, 0.1) is 0 Å². The van der Waals surface area contributed by atoms with Crippen molar-refractivity contribution in [1.82, 2.24) is 0 Å². The van der Waals surface area contributed by atoms with Crippen LogP contribution in [0.15, 0.2) is 61.1 Å². The van der Waals surface area contributed by atoms with E-state index in [-0.39, 0.29) is 5.91 Å². The van der Waals surface area contributed by atoms with Gasteiger partial charge in [-0.05, 0) is 36.4 Å². The number of ether oxygens (including phenoxy) is 2. The minimum Gasteiger partial charge on any atom is -0.455 e. The van der Waals surface area contributed by atoms with Gasteiger partial charge in [-0.1, -0.05) is 23.7 Å². The minimum atomic E-state index is -0.461. The molecule has 2 aromatic rings. The van der Waals surface area contributed by atoms with Gasteiger partial charge in [-0.3, -0.25) is 4.79 Å². The summed E-state index contributed by atoms with van der Waals surface area (Å²) in [7, 11) is 0. The summed E-state index contributed by atoms with van der Waals surface area (Å²) in [5.74, 6) is -0.199. The molecule has 0 radical (unpaired) electrons. The number of halogens is 1. The summed E-state index contributed by atoms with van der Waals surface area (Å²) in [4.78, 5) is 12.1. The van der Waals surface area contributed by atoms with Gasteiger partial charge in [-0.2, -0.15) is 0 Å². The van der Waals surface area contributed by atoms with Crippen molar-refractivity contribution in [2.24, 2.45) is 0 Å². The Balaban J connectivity index is 1.73. The molecule has 1 aliphatic rings. The Morgan fingerprint density at radius 2 is 1.76 bits per heavy atom. The van der Waals surface area contributed by atoms with Crippen molar-refractivity contribution >= 4 is 23.2 Å². The monoisotopic (exact) mass is 301 g/mol. The highest BCUT2D eigenvalue weighted by Crippen LogP contribution is 2.26. The fraction of sp³-hybridized carbons (Fsp3) is 0.0625. The van der Waals surface area contributed by atoms with Gasteiger partial charge >= 0.3 is 0 Å². The van der Waals surface area contributed by atoms with E-state index >= 15 is 0 Å². The summed E-state index contributed by atoms with van der Waals surface area (Å²) in [6.07, 6.45) is 2.52. The molecule has 21 heavy (non-hydrogen) atoms. The molecule has 0 fully saturated rings. The lowest BCUT2D eigenvalue weighted by Gasteiger charge is -2.12. The zero-order valence-electron chi connectivity index (χ0n) is 11.0. The number of rotatable bonds is 3. The first kappa shape index (κ1) is 13.5.